The summed E-state index contributed by atoms with van der Waals surface area (Å²) in [6, 6.07) is 3.62. The number of ether oxygens (including phenoxy) is 1. The summed E-state index contributed by atoms with van der Waals surface area (Å²) in [6.07, 6.45) is 1.69. The molecule has 0 spiro atoms. The van der Waals surface area contributed by atoms with E-state index in [0.29, 0.717) is 22.9 Å². The van der Waals surface area contributed by atoms with Crippen LogP contribution in [0.1, 0.15) is 5.56 Å². The van der Waals surface area contributed by atoms with Crippen LogP contribution in [-0.2, 0) is 4.74 Å². The number of hydrogen-bond donors (Lipinski definition) is 1. The normalized spacial score (nSPS) is 20.4. The zero-order valence-electron chi connectivity index (χ0n) is 10.2. The molecule has 0 saturated carbocycles. The minimum absolute atomic E-state index is 0.118. The predicted molar refractivity (Wildman–Crippen MR) is 69.7 cm³/mol. The molecule has 1 N–H and O–H groups in total. The highest BCUT2D eigenvalue weighted by Crippen LogP contribution is 2.22. The Labute approximate surface area is 111 Å². The fraction of sp³-hybridized carbons (Fsp3) is 0.500. The minimum Gasteiger partial charge on any atom is -0.374 e. The molecule has 2 heterocycles. The molecular formula is C12H15ClN4O. The molecule has 5 nitrogen and oxygen atoms in total. The number of nitrogens with zero attached hydrogens (tertiary/aromatic N) is 3. The highest BCUT2D eigenvalue weighted by Gasteiger charge is 2.18. The number of nitrogens with one attached hydrogen (secondary N) is 1. The first-order chi connectivity index (χ1) is 8.70. The van der Waals surface area contributed by atoms with Crippen LogP contribution in [-0.4, -0.2) is 49.3 Å². The van der Waals surface area contributed by atoms with Crippen molar-refractivity contribution in [2.45, 2.75) is 6.10 Å². The lowest BCUT2D eigenvalue weighted by Crippen LogP contribution is -2.43. The lowest BCUT2D eigenvalue weighted by Gasteiger charge is -2.30. The van der Waals surface area contributed by atoms with Gasteiger partial charge in [0.2, 0.25) is 0 Å². The van der Waals surface area contributed by atoms with Crippen molar-refractivity contribution in [2.75, 3.05) is 38.6 Å². The number of pyridine rings is 1. The fourth-order valence-corrected chi connectivity index (χ4v) is 2.08. The molecule has 18 heavy (non-hydrogen) atoms. The van der Waals surface area contributed by atoms with Crippen LogP contribution < -0.4 is 5.32 Å². The molecule has 2 rings (SSSR count). The van der Waals surface area contributed by atoms with Crippen molar-refractivity contribution < 1.29 is 4.74 Å². The van der Waals surface area contributed by atoms with Crippen LogP contribution in [0, 0.1) is 11.3 Å². The molecule has 1 fully saturated rings. The Balaban J connectivity index is 1.96. The summed E-state index contributed by atoms with van der Waals surface area (Å²) in [6.45, 7) is 3.20. The zero-order chi connectivity index (χ0) is 13.0. The summed E-state index contributed by atoms with van der Waals surface area (Å²) in [5, 5.41) is 12.4. The van der Waals surface area contributed by atoms with Crippen molar-refractivity contribution in [1.82, 2.24) is 9.88 Å². The van der Waals surface area contributed by atoms with Crippen LogP contribution in [0.25, 0.3) is 0 Å². The maximum atomic E-state index is 8.87. The van der Waals surface area contributed by atoms with Gasteiger partial charge in [-0.1, -0.05) is 11.6 Å². The first-order valence-corrected chi connectivity index (χ1v) is 6.17. The molecule has 6 heteroatoms. The molecule has 0 amide bonds. The van der Waals surface area contributed by atoms with Gasteiger partial charge >= 0.3 is 0 Å². The van der Waals surface area contributed by atoms with Gasteiger partial charge in [-0.05, 0) is 13.1 Å². The third kappa shape index (κ3) is 3.10. The molecule has 1 aliphatic heterocycles. The average Bonchev–Trinajstić information content (AvgIpc) is 2.38. The molecule has 1 aromatic heterocycles. The Morgan fingerprint density at radius 3 is 3.28 bits per heavy atom. The number of likely N-dealkylation sites (N-methyl/N-ethyl adjacent to an activating group) is 1. The topological polar surface area (TPSA) is 61.2 Å². The van der Waals surface area contributed by atoms with Crippen molar-refractivity contribution in [3.8, 4) is 6.07 Å². The summed E-state index contributed by atoms with van der Waals surface area (Å²) in [5.74, 6) is 0.535. The van der Waals surface area contributed by atoms with Gasteiger partial charge in [0.15, 0.2) is 0 Å². The number of rotatable bonds is 3. The molecule has 0 radical (unpaired) electrons. The van der Waals surface area contributed by atoms with Gasteiger partial charge in [-0.2, -0.15) is 5.26 Å². The van der Waals surface area contributed by atoms with E-state index in [1.165, 1.54) is 0 Å². The number of hydrogen-bond acceptors (Lipinski definition) is 5. The van der Waals surface area contributed by atoms with Gasteiger partial charge in [0.1, 0.15) is 16.9 Å². The summed E-state index contributed by atoms with van der Waals surface area (Å²) >= 11 is 6.06. The van der Waals surface area contributed by atoms with Gasteiger partial charge in [-0.15, -0.1) is 0 Å². The highest BCUT2D eigenvalue weighted by molar-refractivity contribution is 6.34. The van der Waals surface area contributed by atoms with Crippen LogP contribution in [0.5, 0.6) is 0 Å². The van der Waals surface area contributed by atoms with Crippen LogP contribution >= 0.6 is 11.6 Å². The molecule has 96 valence electrons. The van der Waals surface area contributed by atoms with Gasteiger partial charge in [-0.25, -0.2) is 4.98 Å². The van der Waals surface area contributed by atoms with Gasteiger partial charge in [0, 0.05) is 25.8 Å². The van der Waals surface area contributed by atoms with E-state index >= 15 is 0 Å². The quantitative estimate of drug-likeness (QED) is 0.895. The molecule has 0 aliphatic carbocycles. The Morgan fingerprint density at radius 1 is 1.72 bits per heavy atom. The van der Waals surface area contributed by atoms with Crippen LogP contribution in [0.3, 0.4) is 0 Å². The third-order valence-corrected chi connectivity index (χ3v) is 3.23. The number of aromatic nitrogens is 1. The highest BCUT2D eigenvalue weighted by atomic mass is 35.5. The summed E-state index contributed by atoms with van der Waals surface area (Å²) in [4.78, 5) is 6.35. The molecule has 1 saturated heterocycles. The van der Waals surface area contributed by atoms with Crippen molar-refractivity contribution in [1.29, 1.82) is 5.26 Å². The lowest BCUT2D eigenvalue weighted by atomic mass is 10.2. The maximum Gasteiger partial charge on any atom is 0.146 e. The van der Waals surface area contributed by atoms with E-state index < -0.39 is 0 Å². The standard InChI is InChI=1S/C12H15ClN4O/c1-17-4-5-18-10(8-17)7-16-12-11(13)9(6-14)2-3-15-12/h2-3,10H,4-5,7-8H2,1H3,(H,15,16). The summed E-state index contributed by atoms with van der Waals surface area (Å²) in [7, 11) is 2.07. The van der Waals surface area contributed by atoms with E-state index in [0.717, 1.165) is 19.7 Å². The van der Waals surface area contributed by atoms with Crippen LogP contribution in [0.4, 0.5) is 5.82 Å². The Hall–Kier alpha value is -1.35. The molecule has 0 aromatic carbocycles. The lowest BCUT2D eigenvalue weighted by molar-refractivity contribution is -0.0117. The minimum atomic E-state index is 0.118. The maximum absolute atomic E-state index is 8.87. The summed E-state index contributed by atoms with van der Waals surface area (Å²) in [5.41, 5.74) is 0.427. The first-order valence-electron chi connectivity index (χ1n) is 5.79. The number of nitriles is 1. The van der Waals surface area contributed by atoms with E-state index in [2.05, 4.69) is 22.2 Å². The number of morpholine rings is 1. The van der Waals surface area contributed by atoms with Gasteiger partial charge in [0.25, 0.3) is 0 Å². The fourth-order valence-electron chi connectivity index (χ4n) is 1.85. The zero-order valence-corrected chi connectivity index (χ0v) is 10.9. The van der Waals surface area contributed by atoms with Crippen molar-refractivity contribution in [3.05, 3.63) is 22.8 Å². The molecule has 0 bridgehead atoms. The second-order valence-electron chi connectivity index (χ2n) is 4.27. The van der Waals surface area contributed by atoms with Gasteiger partial charge in [0.05, 0.1) is 18.3 Å². The Kier molecular flexibility index (Phi) is 4.37. The third-order valence-electron chi connectivity index (χ3n) is 2.85. The number of halogens is 1. The molecule has 1 atom stereocenters. The van der Waals surface area contributed by atoms with Crippen LogP contribution in [0.2, 0.25) is 5.02 Å². The molecule has 1 unspecified atom stereocenters. The predicted octanol–water partition coefficient (Wildman–Crippen LogP) is 1.35. The molecule has 1 aromatic rings. The van der Waals surface area contributed by atoms with Crippen molar-refractivity contribution in [3.63, 3.8) is 0 Å². The SMILES string of the molecule is CN1CCOC(CNc2nccc(C#N)c2Cl)C1. The van der Waals surface area contributed by atoms with Gasteiger partial charge < -0.3 is 15.0 Å². The second-order valence-corrected chi connectivity index (χ2v) is 4.65. The van der Waals surface area contributed by atoms with E-state index in [9.17, 15) is 0 Å². The number of anilines is 1. The smallest absolute Gasteiger partial charge is 0.146 e. The molecule has 1 aliphatic rings. The average molecular weight is 267 g/mol. The monoisotopic (exact) mass is 266 g/mol. The summed E-state index contributed by atoms with van der Waals surface area (Å²) < 4.78 is 5.63. The van der Waals surface area contributed by atoms with E-state index in [4.69, 9.17) is 21.6 Å². The van der Waals surface area contributed by atoms with E-state index in [1.54, 1.807) is 12.3 Å². The van der Waals surface area contributed by atoms with Crippen molar-refractivity contribution in [2.24, 2.45) is 0 Å². The Bertz CT molecular complexity index is 460. The van der Waals surface area contributed by atoms with Crippen LogP contribution in [0.15, 0.2) is 12.3 Å². The first kappa shape index (κ1) is 13.1. The largest absolute Gasteiger partial charge is 0.374 e. The van der Waals surface area contributed by atoms with Crippen molar-refractivity contribution >= 4 is 17.4 Å². The van der Waals surface area contributed by atoms with Gasteiger partial charge in [-0.3, -0.25) is 0 Å². The molecular weight excluding hydrogens is 252 g/mol. The van der Waals surface area contributed by atoms with E-state index in [-0.39, 0.29) is 6.10 Å². The second kappa shape index (κ2) is 6.01. The Morgan fingerprint density at radius 2 is 2.56 bits per heavy atom. The van der Waals surface area contributed by atoms with E-state index in [1.807, 2.05) is 6.07 Å².